The van der Waals surface area contributed by atoms with Crippen molar-refractivity contribution in [3.05, 3.63) is 65.7 Å². The van der Waals surface area contributed by atoms with Crippen molar-refractivity contribution in [2.24, 2.45) is 0 Å². The largest absolute Gasteiger partial charge is 0.445 e. The van der Waals surface area contributed by atoms with Crippen molar-refractivity contribution in [3.8, 4) is 0 Å². The minimum Gasteiger partial charge on any atom is -0.445 e. The van der Waals surface area contributed by atoms with Crippen LogP contribution in [0.1, 0.15) is 25.0 Å². The molecule has 168 valence electrons. The van der Waals surface area contributed by atoms with Crippen molar-refractivity contribution in [2.75, 3.05) is 23.8 Å². The molecule has 0 radical (unpaired) electrons. The smallest absolute Gasteiger partial charge is 0.408 e. The Morgan fingerprint density at radius 1 is 1.00 bits per heavy atom. The second-order valence-electron chi connectivity index (χ2n) is 7.70. The lowest BCUT2D eigenvalue weighted by Crippen LogP contribution is -2.50. The molecule has 3 amide bonds. The number of ether oxygens (including phenoxy) is 1. The second-order valence-corrected chi connectivity index (χ2v) is 7.70. The molecule has 8 nitrogen and oxygen atoms in total. The Hall–Kier alpha value is -3.81. The maximum Gasteiger partial charge on any atom is 0.408 e. The molecule has 1 aliphatic heterocycles. The molecular formula is C24H28N4O4. The summed E-state index contributed by atoms with van der Waals surface area (Å²) >= 11 is 0. The summed E-state index contributed by atoms with van der Waals surface area (Å²) in [6, 6.07) is 13.2. The van der Waals surface area contributed by atoms with Crippen LogP contribution in [0.5, 0.6) is 0 Å². The highest BCUT2D eigenvalue weighted by atomic mass is 16.5. The monoisotopic (exact) mass is 436 g/mol. The van der Waals surface area contributed by atoms with Crippen molar-refractivity contribution in [2.45, 2.75) is 32.5 Å². The normalized spacial score (nSPS) is 14.0. The molecule has 0 spiro atoms. The van der Waals surface area contributed by atoms with E-state index < -0.39 is 24.1 Å². The Balaban J connectivity index is 1.46. The van der Waals surface area contributed by atoms with Gasteiger partial charge >= 0.3 is 6.09 Å². The Morgan fingerprint density at radius 3 is 2.47 bits per heavy atom. The predicted octanol–water partition coefficient (Wildman–Crippen LogP) is 2.91. The molecule has 2 atom stereocenters. The van der Waals surface area contributed by atoms with Crippen molar-refractivity contribution in [1.29, 1.82) is 0 Å². The molecule has 32 heavy (non-hydrogen) atoms. The number of rotatable bonds is 7. The quantitative estimate of drug-likeness (QED) is 0.620. The van der Waals surface area contributed by atoms with E-state index in [4.69, 9.17) is 4.74 Å². The highest BCUT2D eigenvalue weighted by Crippen LogP contribution is 2.27. The van der Waals surface area contributed by atoms with Gasteiger partial charge in [0.1, 0.15) is 18.7 Å². The van der Waals surface area contributed by atoms with Crippen LogP contribution in [0.4, 0.5) is 16.2 Å². The number of carbonyl (C=O) groups excluding carboxylic acids is 3. The van der Waals surface area contributed by atoms with Crippen LogP contribution in [-0.4, -0.2) is 43.6 Å². The van der Waals surface area contributed by atoms with Crippen LogP contribution >= 0.6 is 0 Å². The van der Waals surface area contributed by atoms with Crippen LogP contribution < -0.4 is 20.9 Å². The van der Waals surface area contributed by atoms with Crippen LogP contribution in [-0.2, 0) is 20.9 Å². The van der Waals surface area contributed by atoms with Crippen LogP contribution in [0.15, 0.2) is 54.6 Å². The van der Waals surface area contributed by atoms with Crippen LogP contribution in [0.2, 0.25) is 0 Å². The number of carbonyl (C=O) groups is 3. The average Bonchev–Trinajstić information content (AvgIpc) is 2.78. The van der Waals surface area contributed by atoms with Crippen LogP contribution in [0, 0.1) is 0 Å². The number of alkyl carbamates (subject to hydrolysis) is 1. The first-order valence-corrected chi connectivity index (χ1v) is 10.4. The zero-order chi connectivity index (χ0) is 23.1. The Morgan fingerprint density at radius 2 is 1.72 bits per heavy atom. The average molecular weight is 437 g/mol. The maximum atomic E-state index is 12.5. The number of benzene rings is 2. The highest BCUT2D eigenvalue weighted by molar-refractivity contribution is 5.98. The predicted molar refractivity (Wildman–Crippen MR) is 124 cm³/mol. The van der Waals surface area contributed by atoms with Gasteiger partial charge in [-0.2, -0.15) is 0 Å². The van der Waals surface area contributed by atoms with Crippen LogP contribution in [0.25, 0.3) is 6.08 Å². The lowest BCUT2D eigenvalue weighted by atomic mass is 10.1. The molecule has 1 aliphatic rings. The number of anilines is 2. The zero-order valence-corrected chi connectivity index (χ0v) is 18.4. The number of nitrogens with zero attached hydrogens (tertiary/aromatic N) is 1. The van der Waals surface area contributed by atoms with Gasteiger partial charge in [-0.3, -0.25) is 9.59 Å². The summed E-state index contributed by atoms with van der Waals surface area (Å²) in [7, 11) is 2.00. The molecule has 1 heterocycles. The Bertz CT molecular complexity index is 1010. The molecule has 0 bridgehead atoms. The number of amides is 3. The van der Waals surface area contributed by atoms with E-state index in [-0.39, 0.29) is 12.5 Å². The Labute approximate surface area is 187 Å². The summed E-state index contributed by atoms with van der Waals surface area (Å²) < 4.78 is 5.12. The van der Waals surface area contributed by atoms with Gasteiger partial charge < -0.3 is 25.6 Å². The summed E-state index contributed by atoms with van der Waals surface area (Å²) in [5.41, 5.74) is 3.59. The minimum atomic E-state index is -0.863. The van der Waals surface area contributed by atoms with E-state index in [1.807, 2.05) is 61.7 Å². The van der Waals surface area contributed by atoms with Gasteiger partial charge in [0.05, 0.1) is 0 Å². The topological polar surface area (TPSA) is 99.8 Å². The minimum absolute atomic E-state index is 0.103. The lowest BCUT2D eigenvalue weighted by Gasteiger charge is -2.24. The van der Waals surface area contributed by atoms with E-state index in [2.05, 4.69) is 26.9 Å². The first-order valence-electron chi connectivity index (χ1n) is 10.4. The number of hydrogen-bond acceptors (Lipinski definition) is 5. The van der Waals surface area contributed by atoms with Gasteiger partial charge in [-0.25, -0.2) is 4.79 Å². The second kappa shape index (κ2) is 10.5. The third-order valence-corrected chi connectivity index (χ3v) is 5.08. The standard InChI is InChI=1S/C24H28N4O4/c1-16(23(30)27-20-11-12-21-19(14-20)10-7-13-28(21)3)25-22(29)17(2)26-24(31)32-15-18-8-5-4-6-9-18/h4-12,14,16-17H,13,15H2,1-3H3,(H,25,29)(H,26,31)(H,27,30)/t16-,17-/m0/s1. The van der Waals surface area contributed by atoms with Crippen molar-refractivity contribution < 1.29 is 19.1 Å². The summed E-state index contributed by atoms with van der Waals surface area (Å²) in [6.07, 6.45) is 3.36. The number of likely N-dealkylation sites (N-methyl/N-ethyl adjacent to an activating group) is 1. The fraction of sp³-hybridized carbons (Fsp3) is 0.292. The fourth-order valence-electron chi connectivity index (χ4n) is 3.21. The fourth-order valence-corrected chi connectivity index (χ4v) is 3.21. The zero-order valence-electron chi connectivity index (χ0n) is 18.4. The maximum absolute atomic E-state index is 12.5. The molecule has 0 aliphatic carbocycles. The van der Waals surface area contributed by atoms with E-state index in [0.717, 1.165) is 23.4 Å². The molecule has 3 rings (SSSR count). The molecular weight excluding hydrogens is 408 g/mol. The van der Waals surface area contributed by atoms with E-state index in [0.29, 0.717) is 5.69 Å². The van der Waals surface area contributed by atoms with Crippen molar-refractivity contribution >= 4 is 35.4 Å². The first-order chi connectivity index (χ1) is 15.3. The molecule has 2 aromatic carbocycles. The SMILES string of the molecule is C[C@H](NC(=O)OCc1ccccc1)C(=O)N[C@@H](C)C(=O)Nc1ccc2c(c1)C=CCN2C. The molecule has 0 unspecified atom stereocenters. The van der Waals surface area contributed by atoms with Gasteiger partial charge in [0.15, 0.2) is 0 Å². The van der Waals surface area contributed by atoms with Crippen molar-refractivity contribution in [1.82, 2.24) is 10.6 Å². The Kier molecular flexibility index (Phi) is 7.49. The van der Waals surface area contributed by atoms with Crippen LogP contribution in [0.3, 0.4) is 0 Å². The van der Waals surface area contributed by atoms with Gasteiger partial charge in [-0.05, 0) is 43.2 Å². The summed E-state index contributed by atoms with van der Waals surface area (Å²) in [5.74, 6) is -0.843. The van der Waals surface area contributed by atoms with Crippen molar-refractivity contribution in [3.63, 3.8) is 0 Å². The molecule has 2 aromatic rings. The lowest BCUT2D eigenvalue weighted by molar-refractivity contribution is -0.127. The number of hydrogen-bond donors (Lipinski definition) is 3. The van der Waals surface area contributed by atoms with Gasteiger partial charge in [0.2, 0.25) is 11.8 Å². The van der Waals surface area contributed by atoms with Gasteiger partial charge in [-0.1, -0.05) is 42.5 Å². The van der Waals surface area contributed by atoms with E-state index in [9.17, 15) is 14.4 Å². The van der Waals surface area contributed by atoms with Gasteiger partial charge in [-0.15, -0.1) is 0 Å². The van der Waals surface area contributed by atoms with E-state index >= 15 is 0 Å². The molecule has 3 N–H and O–H groups in total. The molecule has 0 fully saturated rings. The number of fused-ring (bicyclic) bond motifs is 1. The first kappa shape index (κ1) is 22.9. The third-order valence-electron chi connectivity index (χ3n) is 5.08. The highest BCUT2D eigenvalue weighted by Gasteiger charge is 2.22. The molecule has 0 aromatic heterocycles. The van der Waals surface area contributed by atoms with Gasteiger partial charge in [0, 0.05) is 25.0 Å². The molecule has 8 heteroatoms. The van der Waals surface area contributed by atoms with Gasteiger partial charge in [0.25, 0.3) is 0 Å². The summed E-state index contributed by atoms with van der Waals surface area (Å²) in [5, 5.41) is 7.88. The molecule has 0 saturated carbocycles. The molecule has 0 saturated heterocycles. The number of nitrogens with one attached hydrogen (secondary N) is 3. The van der Waals surface area contributed by atoms with E-state index in [1.165, 1.54) is 6.92 Å². The third kappa shape index (κ3) is 6.10. The summed E-state index contributed by atoms with van der Waals surface area (Å²) in [4.78, 5) is 38.9. The summed E-state index contributed by atoms with van der Waals surface area (Å²) in [6.45, 7) is 4.05. The van der Waals surface area contributed by atoms with E-state index in [1.54, 1.807) is 6.92 Å².